The van der Waals surface area contributed by atoms with Crippen molar-refractivity contribution in [3.8, 4) is 45.6 Å². The highest BCUT2D eigenvalue weighted by Crippen LogP contribution is 2.71. The van der Waals surface area contributed by atoms with E-state index in [9.17, 15) is 40.2 Å². The first-order valence-electron chi connectivity index (χ1n) is 34.6. The fourth-order valence-corrected chi connectivity index (χ4v) is 19.5. The second kappa shape index (κ2) is 27.2. The largest absolute Gasteiger partial charge is 0.502 e. The molecular weight excluding hydrogens is 1170 g/mol. The molecule has 0 aromatic heterocycles. The number of ether oxygens (including phenoxy) is 5. The molecule has 13 unspecified atom stereocenters. The Labute approximate surface area is 541 Å². The monoisotopic (exact) mass is 1260 g/mol. The van der Waals surface area contributed by atoms with Crippen LogP contribution in [0.3, 0.4) is 0 Å². The van der Waals surface area contributed by atoms with Crippen molar-refractivity contribution in [1.82, 2.24) is 20.9 Å². The third-order valence-electron chi connectivity index (χ3n) is 23.5. The molecule has 3 fully saturated rings. The highest BCUT2D eigenvalue weighted by Gasteiger charge is 2.67. The molecule has 9 aliphatic rings. The summed E-state index contributed by atoms with van der Waals surface area (Å²) in [6, 6.07) is 15.9. The van der Waals surface area contributed by atoms with Crippen molar-refractivity contribution >= 4 is 17.5 Å². The number of aromatic hydroxyl groups is 1. The van der Waals surface area contributed by atoms with Gasteiger partial charge in [0, 0.05) is 95.3 Å². The van der Waals surface area contributed by atoms with Gasteiger partial charge in [-0.1, -0.05) is 88.8 Å². The van der Waals surface area contributed by atoms with E-state index in [0.29, 0.717) is 103 Å². The molecule has 3 aliphatic heterocycles. The molecule has 13 rings (SSSR count). The second-order valence-corrected chi connectivity index (χ2v) is 27.8. The SMILES string of the molecule is CCCCCCNCCOc1cc(OCNCC)c2c3c1CCc1c-3c(cc3c1C(O)C(c1cc(OC)c(O)c(OCC(CO)C45CC(C6(N7C(=O)C=C(CNC)C7=O)CCCCC6)CC6C7C(C=CC(CCO)C7CO)C(CC64)c4ccccc45)c1)CO3)NC2O. The second-order valence-electron chi connectivity index (χ2n) is 27.8. The summed E-state index contributed by atoms with van der Waals surface area (Å²) in [6.07, 6.45) is 16.5. The van der Waals surface area contributed by atoms with Crippen molar-refractivity contribution in [3.63, 3.8) is 0 Å². The number of anilines is 1. The molecule has 4 aromatic carbocycles. The number of aliphatic hydroxyl groups is 5. The fraction of sp³-hybridized carbons (Fsp3) is 0.595. The van der Waals surface area contributed by atoms with Gasteiger partial charge >= 0.3 is 0 Å². The molecule has 496 valence electrons. The van der Waals surface area contributed by atoms with Crippen molar-refractivity contribution in [1.29, 1.82) is 0 Å². The minimum Gasteiger partial charge on any atom is -0.502 e. The predicted octanol–water partition coefficient (Wildman–Crippen LogP) is 8.98. The summed E-state index contributed by atoms with van der Waals surface area (Å²) in [5.74, 6) is -0.106. The lowest BCUT2D eigenvalue weighted by Crippen LogP contribution is -2.67. The number of likely N-dealkylation sites (N-methyl/N-ethyl adjacent to an activating group) is 1. The van der Waals surface area contributed by atoms with Crippen LogP contribution in [-0.4, -0.2) is 140 Å². The topological polar surface area (TPSA) is 253 Å². The summed E-state index contributed by atoms with van der Waals surface area (Å²) >= 11 is 0. The summed E-state index contributed by atoms with van der Waals surface area (Å²) in [6.45, 7) is 7.19. The number of methoxy groups -OCH3 is 1. The van der Waals surface area contributed by atoms with Crippen molar-refractivity contribution < 1.29 is 63.9 Å². The molecule has 18 nitrogen and oxygen atoms in total. The van der Waals surface area contributed by atoms with Crippen LogP contribution >= 0.6 is 0 Å². The molecule has 3 heterocycles. The maximum absolute atomic E-state index is 14.8. The fourth-order valence-electron chi connectivity index (χ4n) is 19.5. The maximum atomic E-state index is 14.8. The summed E-state index contributed by atoms with van der Waals surface area (Å²) in [5.41, 5.74) is 7.34. The number of fused-ring (bicyclic) bond motifs is 9. The molecule has 0 saturated heterocycles. The van der Waals surface area contributed by atoms with E-state index in [4.69, 9.17) is 23.7 Å². The van der Waals surface area contributed by atoms with E-state index in [0.717, 1.165) is 72.9 Å². The Morgan fingerprint density at radius 3 is 2.43 bits per heavy atom. The summed E-state index contributed by atoms with van der Waals surface area (Å²) in [5, 5.41) is 84.8. The molecular formula is C74H97N5O13. The number of imide groups is 1. The zero-order valence-corrected chi connectivity index (χ0v) is 54.2. The van der Waals surface area contributed by atoms with Crippen LogP contribution < -0.4 is 45.0 Å². The van der Waals surface area contributed by atoms with Gasteiger partial charge in [0.05, 0.1) is 44.1 Å². The van der Waals surface area contributed by atoms with Gasteiger partial charge in [0.1, 0.15) is 30.6 Å². The van der Waals surface area contributed by atoms with Crippen molar-refractivity contribution in [3.05, 3.63) is 111 Å². The first-order chi connectivity index (χ1) is 44.9. The lowest BCUT2D eigenvalue weighted by molar-refractivity contribution is -0.161. The molecule has 2 bridgehead atoms. The quantitative estimate of drug-likeness (QED) is 0.0116. The van der Waals surface area contributed by atoms with E-state index in [-0.39, 0.29) is 123 Å². The van der Waals surface area contributed by atoms with Gasteiger partial charge in [-0.3, -0.25) is 19.8 Å². The van der Waals surface area contributed by atoms with Crippen LogP contribution in [0.2, 0.25) is 0 Å². The van der Waals surface area contributed by atoms with E-state index in [1.807, 2.05) is 19.1 Å². The minimum atomic E-state index is -1.10. The number of benzene rings is 4. The number of nitrogens with zero attached hydrogens (tertiary/aromatic N) is 1. The van der Waals surface area contributed by atoms with Crippen LogP contribution in [0.4, 0.5) is 5.69 Å². The number of allylic oxidation sites excluding steroid dienone is 2. The van der Waals surface area contributed by atoms with Gasteiger partial charge in [-0.2, -0.15) is 0 Å². The van der Waals surface area contributed by atoms with Crippen LogP contribution in [0.5, 0.6) is 34.5 Å². The van der Waals surface area contributed by atoms with Crippen molar-refractivity contribution in [2.45, 2.75) is 145 Å². The first kappa shape index (κ1) is 64.5. The van der Waals surface area contributed by atoms with Crippen LogP contribution in [0, 0.1) is 47.3 Å². The molecule has 18 heteroatoms. The van der Waals surface area contributed by atoms with Gasteiger partial charge in [0.2, 0.25) is 5.75 Å². The number of aliphatic hydroxyl groups excluding tert-OH is 5. The van der Waals surface area contributed by atoms with Gasteiger partial charge in [0.25, 0.3) is 11.8 Å². The molecule has 13 atom stereocenters. The number of carbonyl (C=O) groups is 2. The normalized spacial score (nSPS) is 28.8. The predicted molar refractivity (Wildman–Crippen MR) is 350 cm³/mol. The van der Waals surface area contributed by atoms with E-state index >= 15 is 0 Å². The molecule has 3 saturated carbocycles. The molecule has 4 aromatic rings. The van der Waals surface area contributed by atoms with Gasteiger partial charge in [0.15, 0.2) is 17.7 Å². The molecule has 92 heavy (non-hydrogen) atoms. The number of rotatable bonds is 27. The lowest BCUT2D eigenvalue weighted by atomic mass is 9.37. The first-order valence-corrected chi connectivity index (χ1v) is 34.6. The van der Waals surface area contributed by atoms with Crippen LogP contribution in [-0.2, 0) is 27.8 Å². The Morgan fingerprint density at radius 1 is 0.848 bits per heavy atom. The number of phenols is 1. The van der Waals surface area contributed by atoms with Gasteiger partial charge < -0.3 is 70.3 Å². The molecule has 0 radical (unpaired) electrons. The van der Waals surface area contributed by atoms with Crippen LogP contribution in [0.1, 0.15) is 160 Å². The maximum Gasteiger partial charge on any atom is 0.258 e. The smallest absolute Gasteiger partial charge is 0.258 e. The van der Waals surface area contributed by atoms with Crippen LogP contribution in [0.15, 0.2) is 72.3 Å². The number of hydrogen-bond donors (Lipinski definition) is 10. The minimum absolute atomic E-state index is 0.000405. The van der Waals surface area contributed by atoms with Crippen molar-refractivity contribution in [2.75, 3.05) is 92.0 Å². The Balaban J connectivity index is 0.857. The highest BCUT2D eigenvalue weighted by atomic mass is 16.5. The van der Waals surface area contributed by atoms with Crippen molar-refractivity contribution in [2.24, 2.45) is 47.3 Å². The Morgan fingerprint density at radius 2 is 1.66 bits per heavy atom. The van der Waals surface area contributed by atoms with E-state index < -0.39 is 35.1 Å². The van der Waals surface area contributed by atoms with Gasteiger partial charge in [-0.15, -0.1) is 0 Å². The van der Waals surface area contributed by atoms with E-state index in [2.05, 4.69) is 64.6 Å². The third kappa shape index (κ3) is 11.0. The summed E-state index contributed by atoms with van der Waals surface area (Å²) in [4.78, 5) is 31.1. The number of hydrogen-bond acceptors (Lipinski definition) is 17. The van der Waals surface area contributed by atoms with E-state index in [1.165, 1.54) is 38.0 Å². The number of carbonyl (C=O) groups excluding carboxylic acids is 2. The summed E-state index contributed by atoms with van der Waals surface area (Å²) < 4.78 is 32.6. The summed E-state index contributed by atoms with van der Waals surface area (Å²) in [7, 11) is 3.27. The number of unbranched alkanes of at least 4 members (excludes halogenated alkanes) is 3. The zero-order chi connectivity index (χ0) is 64.0. The lowest BCUT2D eigenvalue weighted by Gasteiger charge is -2.68. The Bertz CT molecular complexity index is 3440. The average Bonchev–Trinajstić information content (AvgIpc) is 0.728. The number of amides is 2. The van der Waals surface area contributed by atoms with E-state index in [1.54, 1.807) is 24.1 Å². The number of phenolic OH excluding ortho intramolecular Hbond substituents is 1. The highest BCUT2D eigenvalue weighted by molar-refractivity contribution is 6.17. The standard InChI is InChI=1S/C74H97N5O13/c1-5-7-8-14-24-77-25-27-89-58-34-60(92-41-76-6-2)68-67-49(58)19-20-50-65(67)57(78-71(68)86)33-59-66(50)69(84)54(40-91-59)43-28-61(88-4)70(85)62(29-43)90-39-46(37-81)74-35-45(73(22-12-9-13-23-73)79-63(83)30-44(36-75-3)72(79)87)31-52-56(74)32-51(47-15-10-11-16-55(47)74)48-18-17-42(21-26-80)53(38-82)64(48)52/h10-11,15-18,28-30,33-34,42,45-46,48,51-54,56,64,69,71,75-78,80-82,84-86H,5-9,12-14,19-27,31-32,35-41H2,1-4H3. The molecule has 10 N–H and O–H groups in total. The average molecular weight is 1260 g/mol. The third-order valence-corrected chi connectivity index (χ3v) is 23.5. The molecule has 6 aliphatic carbocycles. The Hall–Kier alpha value is -6.22. The molecule has 0 spiro atoms. The number of nitrogens with one attached hydrogen (secondary N) is 4. The van der Waals surface area contributed by atoms with Crippen LogP contribution in [0.25, 0.3) is 11.1 Å². The Kier molecular flexibility index (Phi) is 19.1. The van der Waals surface area contributed by atoms with Gasteiger partial charge in [-0.25, -0.2) is 0 Å². The van der Waals surface area contributed by atoms with Gasteiger partial charge in [-0.05, 0) is 160 Å². The molecule has 2 amide bonds. The zero-order valence-electron chi connectivity index (χ0n) is 54.2.